The van der Waals surface area contributed by atoms with Gasteiger partial charge in [-0.2, -0.15) is 0 Å². The number of rotatable bonds is 4. The molecule has 2 bridgehead atoms. The minimum Gasteiger partial charge on any atom is -0.460 e. The molecule has 7 nitrogen and oxygen atoms in total. The summed E-state index contributed by atoms with van der Waals surface area (Å²) in [5, 5.41) is 3.84. The second kappa shape index (κ2) is 5.90. The normalized spacial score (nSPS) is 25.6. The van der Waals surface area contributed by atoms with Crippen LogP contribution in [0.15, 0.2) is 22.9 Å². The van der Waals surface area contributed by atoms with Crippen molar-refractivity contribution in [1.29, 1.82) is 0 Å². The lowest BCUT2D eigenvalue weighted by Crippen LogP contribution is -2.57. The summed E-state index contributed by atoms with van der Waals surface area (Å²) in [6.07, 6.45) is 6.03. The highest BCUT2D eigenvalue weighted by atomic mass is 16.3. The van der Waals surface area contributed by atoms with Crippen LogP contribution in [0.1, 0.15) is 23.3 Å². The third-order valence-electron chi connectivity index (χ3n) is 5.18. The molecule has 0 unspecified atom stereocenters. The number of fused-ring (bicyclic) bond motifs is 4. The van der Waals surface area contributed by atoms with Crippen LogP contribution in [0, 0.1) is 5.92 Å². The number of nitrogens with zero attached hydrogens (tertiary/aromatic N) is 3. The lowest BCUT2D eigenvalue weighted by Gasteiger charge is -2.44. The van der Waals surface area contributed by atoms with Gasteiger partial charge in [0, 0.05) is 25.0 Å². The average molecular weight is 328 g/mol. The van der Waals surface area contributed by atoms with Gasteiger partial charge in [0.2, 0.25) is 6.41 Å². The summed E-state index contributed by atoms with van der Waals surface area (Å²) >= 11 is 0. The SMILES string of the molecule is CN(C=O)c1coc2cnc(C(=O)N[C@H]3CN4CCC3CC4)cc12. The number of carbonyl (C=O) groups is 2. The van der Waals surface area contributed by atoms with Gasteiger partial charge in [0.15, 0.2) is 5.58 Å². The molecule has 2 aromatic heterocycles. The molecule has 0 aromatic carbocycles. The van der Waals surface area contributed by atoms with Crippen molar-refractivity contribution in [2.75, 3.05) is 31.6 Å². The number of hydrogen-bond donors (Lipinski definition) is 1. The van der Waals surface area contributed by atoms with Gasteiger partial charge < -0.3 is 19.5 Å². The number of piperidine rings is 3. The van der Waals surface area contributed by atoms with E-state index in [1.54, 1.807) is 13.1 Å². The predicted octanol–water partition coefficient (Wildman–Crippen LogP) is 1.24. The zero-order valence-corrected chi connectivity index (χ0v) is 13.6. The first kappa shape index (κ1) is 15.1. The molecule has 0 aliphatic carbocycles. The van der Waals surface area contributed by atoms with Crippen LogP contribution in [-0.4, -0.2) is 54.9 Å². The predicted molar refractivity (Wildman–Crippen MR) is 88.9 cm³/mol. The first-order valence-corrected chi connectivity index (χ1v) is 8.24. The Labute approximate surface area is 139 Å². The van der Waals surface area contributed by atoms with Crippen LogP contribution in [0.4, 0.5) is 5.69 Å². The van der Waals surface area contributed by atoms with E-state index in [9.17, 15) is 9.59 Å². The van der Waals surface area contributed by atoms with E-state index in [2.05, 4.69) is 15.2 Å². The molecule has 3 aliphatic heterocycles. The first-order chi connectivity index (χ1) is 11.7. The molecular weight excluding hydrogens is 308 g/mol. The number of aromatic nitrogens is 1. The maximum absolute atomic E-state index is 12.6. The molecule has 3 saturated heterocycles. The van der Waals surface area contributed by atoms with Crippen LogP contribution >= 0.6 is 0 Å². The zero-order chi connectivity index (χ0) is 16.7. The lowest BCUT2D eigenvalue weighted by atomic mass is 9.84. The van der Waals surface area contributed by atoms with Gasteiger partial charge in [0.1, 0.15) is 12.0 Å². The topological polar surface area (TPSA) is 78.7 Å². The third kappa shape index (κ3) is 2.54. The van der Waals surface area contributed by atoms with E-state index in [0.29, 0.717) is 34.7 Å². The average Bonchev–Trinajstić information content (AvgIpc) is 3.05. The summed E-state index contributed by atoms with van der Waals surface area (Å²) in [4.78, 5) is 31.6. The van der Waals surface area contributed by atoms with Crippen LogP contribution in [0.2, 0.25) is 0 Å². The van der Waals surface area contributed by atoms with Crippen LogP contribution < -0.4 is 10.2 Å². The molecule has 0 radical (unpaired) electrons. The Morgan fingerprint density at radius 3 is 2.92 bits per heavy atom. The molecule has 1 atom stereocenters. The number of nitrogens with one attached hydrogen (secondary N) is 1. The zero-order valence-electron chi connectivity index (χ0n) is 13.6. The molecular formula is C17H20N4O3. The van der Waals surface area contributed by atoms with Crippen molar-refractivity contribution in [3.05, 3.63) is 24.2 Å². The summed E-state index contributed by atoms with van der Waals surface area (Å²) in [5.41, 5.74) is 1.53. The van der Waals surface area contributed by atoms with E-state index in [1.165, 1.54) is 17.4 Å². The number of carbonyl (C=O) groups excluding carboxylic acids is 2. The molecule has 0 saturated carbocycles. The number of hydrogen-bond acceptors (Lipinski definition) is 5. The molecule has 24 heavy (non-hydrogen) atoms. The van der Waals surface area contributed by atoms with Crippen LogP contribution in [0.25, 0.3) is 11.0 Å². The molecule has 3 aliphatic rings. The van der Waals surface area contributed by atoms with E-state index in [1.807, 2.05) is 0 Å². The standard InChI is InChI=1S/C17H20N4O3/c1-20(10-22)15-9-24-16-7-18-13(6-12(15)16)17(23)19-14-8-21-4-2-11(14)3-5-21/h6-7,9-11,14H,2-5,8H2,1H3,(H,19,23)/t14-/m0/s1. The molecule has 2 aromatic rings. The van der Waals surface area contributed by atoms with Gasteiger partial charge in [0.25, 0.3) is 5.91 Å². The highest BCUT2D eigenvalue weighted by Crippen LogP contribution is 2.29. The highest BCUT2D eigenvalue weighted by Gasteiger charge is 2.35. The molecule has 1 N–H and O–H groups in total. The van der Waals surface area contributed by atoms with E-state index in [0.717, 1.165) is 32.5 Å². The summed E-state index contributed by atoms with van der Waals surface area (Å²) in [7, 11) is 1.64. The summed E-state index contributed by atoms with van der Waals surface area (Å²) in [6.45, 7) is 3.19. The van der Waals surface area contributed by atoms with E-state index >= 15 is 0 Å². The number of furan rings is 1. The van der Waals surface area contributed by atoms with Crippen molar-refractivity contribution in [1.82, 2.24) is 15.2 Å². The largest absolute Gasteiger partial charge is 0.460 e. The maximum Gasteiger partial charge on any atom is 0.270 e. The first-order valence-electron chi connectivity index (χ1n) is 8.24. The second-order valence-electron chi connectivity index (χ2n) is 6.62. The van der Waals surface area contributed by atoms with Crippen molar-refractivity contribution >= 4 is 29.0 Å². The maximum atomic E-state index is 12.6. The third-order valence-corrected chi connectivity index (χ3v) is 5.18. The van der Waals surface area contributed by atoms with Crippen molar-refractivity contribution in [3.8, 4) is 0 Å². The number of pyridine rings is 1. The Morgan fingerprint density at radius 1 is 1.46 bits per heavy atom. The molecule has 0 spiro atoms. The molecule has 5 rings (SSSR count). The number of anilines is 1. The van der Waals surface area contributed by atoms with Gasteiger partial charge in [-0.1, -0.05) is 0 Å². The molecule has 7 heteroatoms. The Bertz CT molecular complexity index is 779. The Balaban J connectivity index is 1.57. The van der Waals surface area contributed by atoms with Crippen LogP contribution in [-0.2, 0) is 4.79 Å². The number of amides is 2. The highest BCUT2D eigenvalue weighted by molar-refractivity contribution is 6.01. The molecule has 126 valence electrons. The van der Waals surface area contributed by atoms with Gasteiger partial charge in [-0.15, -0.1) is 0 Å². The minimum atomic E-state index is -0.170. The monoisotopic (exact) mass is 328 g/mol. The van der Waals surface area contributed by atoms with Crippen molar-refractivity contribution in [3.63, 3.8) is 0 Å². The van der Waals surface area contributed by atoms with Gasteiger partial charge in [-0.05, 0) is 37.9 Å². The quantitative estimate of drug-likeness (QED) is 0.855. The minimum absolute atomic E-state index is 0.170. The van der Waals surface area contributed by atoms with Gasteiger partial charge >= 0.3 is 0 Å². The van der Waals surface area contributed by atoms with Crippen LogP contribution in [0.3, 0.4) is 0 Å². The van der Waals surface area contributed by atoms with Crippen molar-refractivity contribution in [2.24, 2.45) is 5.92 Å². The van der Waals surface area contributed by atoms with Gasteiger partial charge in [-0.3, -0.25) is 9.59 Å². The summed E-state index contributed by atoms with van der Waals surface area (Å²) < 4.78 is 5.40. The van der Waals surface area contributed by atoms with E-state index < -0.39 is 0 Å². The Morgan fingerprint density at radius 2 is 2.25 bits per heavy atom. The van der Waals surface area contributed by atoms with Gasteiger partial charge in [-0.25, -0.2) is 4.98 Å². The smallest absolute Gasteiger partial charge is 0.270 e. The van der Waals surface area contributed by atoms with E-state index in [4.69, 9.17) is 4.42 Å². The van der Waals surface area contributed by atoms with Gasteiger partial charge in [0.05, 0.1) is 11.9 Å². The molecule has 2 amide bonds. The fourth-order valence-electron chi connectivity index (χ4n) is 3.74. The summed E-state index contributed by atoms with van der Waals surface area (Å²) in [5.74, 6) is 0.393. The Kier molecular flexibility index (Phi) is 3.72. The fraction of sp³-hybridized carbons (Fsp3) is 0.471. The lowest BCUT2D eigenvalue weighted by molar-refractivity contribution is -0.107. The fourth-order valence-corrected chi connectivity index (χ4v) is 3.74. The summed E-state index contributed by atoms with van der Waals surface area (Å²) in [6, 6.07) is 1.88. The second-order valence-corrected chi connectivity index (χ2v) is 6.62. The molecule has 3 fully saturated rings. The van der Waals surface area contributed by atoms with Crippen LogP contribution in [0.5, 0.6) is 0 Å². The molecule has 5 heterocycles. The van der Waals surface area contributed by atoms with Crippen molar-refractivity contribution in [2.45, 2.75) is 18.9 Å². The van der Waals surface area contributed by atoms with E-state index in [-0.39, 0.29) is 11.9 Å². The Hall–Kier alpha value is -2.41. The van der Waals surface area contributed by atoms with Crippen molar-refractivity contribution < 1.29 is 14.0 Å².